The van der Waals surface area contributed by atoms with Gasteiger partial charge in [0, 0.05) is 5.70 Å². The van der Waals surface area contributed by atoms with E-state index in [4.69, 9.17) is 5.73 Å². The Bertz CT molecular complexity index is 226. The fourth-order valence-corrected chi connectivity index (χ4v) is 1.13. The molecule has 0 heterocycles. The largest absolute Gasteiger partial charge is 0.512 e. The first kappa shape index (κ1) is 7.92. The van der Waals surface area contributed by atoms with E-state index in [1.54, 1.807) is 6.08 Å². The summed E-state index contributed by atoms with van der Waals surface area (Å²) in [5.41, 5.74) is 6.40. The van der Waals surface area contributed by atoms with Gasteiger partial charge in [0.25, 0.3) is 0 Å². The summed E-state index contributed by atoms with van der Waals surface area (Å²) < 4.78 is 0. The van der Waals surface area contributed by atoms with Crippen LogP contribution in [-0.2, 0) is 0 Å². The lowest BCUT2D eigenvalue weighted by atomic mass is 9.95. The summed E-state index contributed by atoms with van der Waals surface area (Å²) in [6.45, 7) is 1.88. The van der Waals surface area contributed by atoms with Crippen molar-refractivity contribution in [2.75, 3.05) is 0 Å². The minimum absolute atomic E-state index is 0.00463. The molecule has 3 N–H and O–H groups in total. The number of aliphatic hydroxyl groups excluding tert-OH is 1. The highest BCUT2D eigenvalue weighted by molar-refractivity contribution is 5.23. The van der Waals surface area contributed by atoms with Crippen LogP contribution < -0.4 is 5.73 Å². The van der Waals surface area contributed by atoms with Crippen molar-refractivity contribution in [2.24, 2.45) is 11.7 Å². The third kappa shape index (κ3) is 1.64. The van der Waals surface area contributed by atoms with Crippen LogP contribution >= 0.6 is 0 Å². The van der Waals surface area contributed by atoms with E-state index in [9.17, 15) is 5.11 Å². The first-order valence-corrected chi connectivity index (χ1v) is 3.73. The van der Waals surface area contributed by atoms with Gasteiger partial charge in [-0.3, -0.25) is 0 Å². The second kappa shape index (κ2) is 3.28. The van der Waals surface area contributed by atoms with Crippen molar-refractivity contribution in [3.8, 4) is 0 Å². The first-order valence-electron chi connectivity index (χ1n) is 3.73. The van der Waals surface area contributed by atoms with E-state index in [2.05, 4.69) is 0 Å². The summed E-state index contributed by atoms with van der Waals surface area (Å²) in [5.74, 6) is 0.369. The summed E-state index contributed by atoms with van der Waals surface area (Å²) in [5, 5.41) is 9.36. The zero-order valence-corrected chi connectivity index (χ0v) is 6.62. The predicted molar refractivity (Wildman–Crippen MR) is 45.9 cm³/mol. The monoisotopic (exact) mass is 151 g/mol. The SMILES string of the molecule is C/C=C(\N)C1CC=CC=C1O. The highest BCUT2D eigenvalue weighted by atomic mass is 16.3. The Morgan fingerprint density at radius 2 is 2.55 bits per heavy atom. The van der Waals surface area contributed by atoms with E-state index < -0.39 is 0 Å². The third-order valence-corrected chi connectivity index (χ3v) is 1.87. The maximum Gasteiger partial charge on any atom is 0.101 e. The number of hydrogen-bond acceptors (Lipinski definition) is 2. The maximum atomic E-state index is 9.36. The van der Waals surface area contributed by atoms with Gasteiger partial charge < -0.3 is 10.8 Å². The number of aliphatic hydroxyl groups is 1. The molecule has 1 rings (SSSR count). The molecule has 11 heavy (non-hydrogen) atoms. The van der Waals surface area contributed by atoms with Crippen LogP contribution in [0.25, 0.3) is 0 Å². The molecular weight excluding hydrogens is 138 g/mol. The van der Waals surface area contributed by atoms with Crippen LogP contribution in [0.3, 0.4) is 0 Å². The zero-order chi connectivity index (χ0) is 8.27. The molecule has 0 amide bonds. The maximum absolute atomic E-state index is 9.36. The van der Waals surface area contributed by atoms with Crippen LogP contribution in [0.4, 0.5) is 0 Å². The Morgan fingerprint density at radius 3 is 3.09 bits per heavy atom. The molecule has 60 valence electrons. The molecule has 0 aromatic rings. The van der Waals surface area contributed by atoms with Crippen LogP contribution in [0.5, 0.6) is 0 Å². The zero-order valence-electron chi connectivity index (χ0n) is 6.62. The number of nitrogens with two attached hydrogens (primary N) is 1. The van der Waals surface area contributed by atoms with Crippen molar-refractivity contribution in [1.82, 2.24) is 0 Å². The summed E-state index contributed by atoms with van der Waals surface area (Å²) >= 11 is 0. The molecule has 0 saturated carbocycles. The van der Waals surface area contributed by atoms with Crippen LogP contribution in [0.1, 0.15) is 13.3 Å². The summed E-state index contributed by atoms with van der Waals surface area (Å²) in [6.07, 6.45) is 8.16. The molecule has 0 aromatic heterocycles. The number of allylic oxidation sites excluding steroid dienone is 4. The molecule has 0 radical (unpaired) electrons. The number of hydrogen-bond donors (Lipinski definition) is 2. The van der Waals surface area contributed by atoms with Crippen molar-refractivity contribution < 1.29 is 5.11 Å². The Kier molecular flexibility index (Phi) is 2.36. The van der Waals surface area contributed by atoms with Crippen molar-refractivity contribution in [2.45, 2.75) is 13.3 Å². The van der Waals surface area contributed by atoms with Crippen molar-refractivity contribution >= 4 is 0 Å². The summed E-state index contributed by atoms with van der Waals surface area (Å²) in [7, 11) is 0. The minimum atomic E-state index is 0.00463. The van der Waals surface area contributed by atoms with Gasteiger partial charge in [-0.1, -0.05) is 18.2 Å². The van der Waals surface area contributed by atoms with Crippen LogP contribution in [0, 0.1) is 5.92 Å². The van der Waals surface area contributed by atoms with Crippen LogP contribution in [-0.4, -0.2) is 5.11 Å². The second-order valence-electron chi connectivity index (χ2n) is 2.60. The highest BCUT2D eigenvalue weighted by Crippen LogP contribution is 2.22. The summed E-state index contributed by atoms with van der Waals surface area (Å²) in [6, 6.07) is 0. The molecule has 2 nitrogen and oxygen atoms in total. The van der Waals surface area contributed by atoms with Gasteiger partial charge in [-0.25, -0.2) is 0 Å². The van der Waals surface area contributed by atoms with Gasteiger partial charge in [0.1, 0.15) is 5.76 Å². The Morgan fingerprint density at radius 1 is 1.82 bits per heavy atom. The van der Waals surface area contributed by atoms with Gasteiger partial charge in [-0.15, -0.1) is 0 Å². The molecule has 2 heteroatoms. The lowest BCUT2D eigenvalue weighted by molar-refractivity contribution is 0.346. The normalized spacial score (nSPS) is 25.0. The van der Waals surface area contributed by atoms with Gasteiger partial charge in [-0.2, -0.15) is 0 Å². The van der Waals surface area contributed by atoms with Crippen molar-refractivity contribution in [1.29, 1.82) is 0 Å². The highest BCUT2D eigenvalue weighted by Gasteiger charge is 2.15. The Balaban J connectivity index is 2.76. The van der Waals surface area contributed by atoms with Crippen molar-refractivity contribution in [3.63, 3.8) is 0 Å². The van der Waals surface area contributed by atoms with E-state index in [-0.39, 0.29) is 5.92 Å². The molecular formula is C9H13NO. The van der Waals surface area contributed by atoms with E-state index in [1.807, 2.05) is 25.2 Å². The molecule has 1 atom stereocenters. The molecule has 0 aromatic carbocycles. The molecule has 1 unspecified atom stereocenters. The van der Waals surface area contributed by atoms with E-state index in [0.29, 0.717) is 5.76 Å². The fourth-order valence-electron chi connectivity index (χ4n) is 1.13. The molecule has 0 saturated heterocycles. The first-order chi connectivity index (χ1) is 5.25. The molecule has 0 fully saturated rings. The lowest BCUT2D eigenvalue weighted by Crippen LogP contribution is -2.14. The average molecular weight is 151 g/mol. The average Bonchev–Trinajstić information content (AvgIpc) is 2.04. The van der Waals surface area contributed by atoms with Gasteiger partial charge in [0.05, 0.1) is 5.92 Å². The van der Waals surface area contributed by atoms with Crippen LogP contribution in [0.2, 0.25) is 0 Å². The van der Waals surface area contributed by atoms with Gasteiger partial charge in [-0.05, 0) is 19.4 Å². The molecule has 0 spiro atoms. The van der Waals surface area contributed by atoms with E-state index in [0.717, 1.165) is 12.1 Å². The molecule has 0 bridgehead atoms. The fraction of sp³-hybridized carbons (Fsp3) is 0.333. The molecule has 0 aliphatic heterocycles. The van der Waals surface area contributed by atoms with Crippen LogP contribution in [0.15, 0.2) is 35.8 Å². The standard InChI is InChI=1S/C9H13NO/c1-2-8(10)7-5-3-4-6-9(7)11/h2-4,6-7,11H,5,10H2,1H3/b8-2-. The predicted octanol–water partition coefficient (Wildman–Crippen LogP) is 1.87. The van der Waals surface area contributed by atoms with Gasteiger partial charge in [0.2, 0.25) is 0 Å². The minimum Gasteiger partial charge on any atom is -0.512 e. The molecule has 1 aliphatic rings. The summed E-state index contributed by atoms with van der Waals surface area (Å²) in [4.78, 5) is 0. The Hall–Kier alpha value is -1.18. The Labute approximate surface area is 66.7 Å². The lowest BCUT2D eigenvalue weighted by Gasteiger charge is -2.16. The third-order valence-electron chi connectivity index (χ3n) is 1.87. The van der Waals surface area contributed by atoms with Gasteiger partial charge >= 0.3 is 0 Å². The quantitative estimate of drug-likeness (QED) is 0.601. The smallest absolute Gasteiger partial charge is 0.101 e. The topological polar surface area (TPSA) is 46.2 Å². The number of rotatable bonds is 1. The van der Waals surface area contributed by atoms with E-state index in [1.165, 1.54) is 0 Å². The molecule has 1 aliphatic carbocycles. The van der Waals surface area contributed by atoms with E-state index >= 15 is 0 Å². The van der Waals surface area contributed by atoms with Crippen molar-refractivity contribution in [3.05, 3.63) is 35.8 Å². The second-order valence-corrected chi connectivity index (χ2v) is 2.60. The van der Waals surface area contributed by atoms with Gasteiger partial charge in [0.15, 0.2) is 0 Å².